The molecule has 0 atom stereocenters. The minimum atomic E-state index is -1.11. The zero-order chi connectivity index (χ0) is 21.1. The van der Waals surface area contributed by atoms with Crippen molar-refractivity contribution in [1.29, 1.82) is 0 Å². The van der Waals surface area contributed by atoms with Crippen molar-refractivity contribution in [2.45, 2.75) is 26.3 Å². The van der Waals surface area contributed by atoms with Crippen LogP contribution in [0, 0.1) is 0 Å². The Hall–Kier alpha value is -1.40. The molecule has 11 heteroatoms. The molecule has 4 N–H and O–H groups in total. The van der Waals surface area contributed by atoms with Crippen LogP contribution in [0.3, 0.4) is 0 Å². The number of hydrogen-bond acceptors (Lipinski definition) is 6. The number of thiazole rings is 1. The minimum absolute atomic E-state index is 0. The van der Waals surface area contributed by atoms with Crippen molar-refractivity contribution in [3.05, 3.63) is 46.2 Å². The van der Waals surface area contributed by atoms with Crippen LogP contribution in [-0.2, 0) is 17.8 Å². The number of anilines is 1. The van der Waals surface area contributed by atoms with Gasteiger partial charge in [0.05, 0.1) is 11.3 Å². The number of aromatic hydroxyl groups is 2. The monoisotopic (exact) mass is 475 g/mol. The molecule has 1 aromatic carbocycles. The summed E-state index contributed by atoms with van der Waals surface area (Å²) in [5.41, 5.74) is 0.702. The fourth-order valence-electron chi connectivity index (χ4n) is 2.70. The number of phenols is 2. The number of aromatic nitrogens is 2. The number of carbonyl (C=O) groups is 2. The van der Waals surface area contributed by atoms with Gasteiger partial charge in [-0.3, -0.25) is 4.79 Å². The van der Waals surface area contributed by atoms with Crippen molar-refractivity contribution in [3.63, 3.8) is 0 Å². The Morgan fingerprint density at radius 1 is 1.27 bits per heavy atom. The molecule has 154 valence electrons. The van der Waals surface area contributed by atoms with Gasteiger partial charge in [-0.05, 0) is 25.5 Å². The molecule has 0 fully saturated rings. The number of amides is 1. The molecule has 8 nitrogen and oxygen atoms in total. The molecule has 0 unspecified atom stereocenters. The Bertz CT molecular complexity index is 1080. The van der Waals surface area contributed by atoms with Crippen LogP contribution in [0.15, 0.2) is 30.6 Å². The molecule has 2 heterocycles. The van der Waals surface area contributed by atoms with Crippen LogP contribution in [0.5, 0.6) is 11.5 Å². The number of carboxylic acids is 1. The molecule has 0 aliphatic rings. The second kappa shape index (κ2) is 10.8. The number of aryl methyl sites for hydroxylation is 2. The van der Waals surface area contributed by atoms with Crippen molar-refractivity contribution in [1.82, 2.24) is 9.55 Å². The Balaban J connectivity index is 0.00000320. The summed E-state index contributed by atoms with van der Waals surface area (Å²) >= 11 is 7.40. The van der Waals surface area contributed by atoms with Gasteiger partial charge in [-0.1, -0.05) is 11.6 Å². The third kappa shape index (κ3) is 5.85. The Morgan fingerprint density at radius 3 is 2.63 bits per heavy atom. The number of phenolic OH excluding ortho intramolecular Hbond substituents is 2. The topological polar surface area (TPSA) is 125 Å². The average molecular weight is 476 g/mol. The van der Waals surface area contributed by atoms with Gasteiger partial charge in [0.15, 0.2) is 0 Å². The first-order chi connectivity index (χ1) is 13.8. The van der Waals surface area contributed by atoms with E-state index in [1.54, 1.807) is 10.8 Å². The fourth-order valence-corrected chi connectivity index (χ4v) is 4.04. The van der Waals surface area contributed by atoms with Gasteiger partial charge in [0, 0.05) is 36.3 Å². The molecular formula is C19H19ClKN3O5S. The maximum atomic E-state index is 12.3. The zero-order valence-electron chi connectivity index (χ0n) is 15.3. The van der Waals surface area contributed by atoms with E-state index < -0.39 is 5.97 Å². The molecule has 0 saturated carbocycles. The standard InChI is InChI=1S/C19H18ClN3O5S.K.H/c1-2-23-8-12(19(27)28)13(9-23)21-16(26)6-5-15-17(20)22-18(29-15)11-4-3-10(24)7-14(11)25;;/h3-4,7-9,24-25H,2,5-6H2,1H3,(H,21,26)(H,27,28);;. The second-order valence-electron chi connectivity index (χ2n) is 6.20. The molecule has 0 radical (unpaired) electrons. The van der Waals surface area contributed by atoms with Gasteiger partial charge in [-0.2, -0.15) is 0 Å². The predicted molar refractivity (Wildman–Crippen MR) is 117 cm³/mol. The van der Waals surface area contributed by atoms with Crippen molar-refractivity contribution in [3.8, 4) is 22.1 Å². The average Bonchev–Trinajstić information content (AvgIpc) is 3.23. The Labute approximate surface area is 223 Å². The number of hydrogen-bond donors (Lipinski definition) is 4. The summed E-state index contributed by atoms with van der Waals surface area (Å²) in [5, 5.41) is 31.9. The van der Waals surface area contributed by atoms with Crippen LogP contribution in [-0.4, -0.2) is 88.1 Å². The van der Waals surface area contributed by atoms with E-state index in [9.17, 15) is 24.9 Å². The normalized spacial score (nSPS) is 10.5. The number of benzene rings is 1. The third-order valence-corrected chi connectivity index (χ3v) is 5.76. The number of rotatable bonds is 7. The van der Waals surface area contributed by atoms with Gasteiger partial charge in [0.1, 0.15) is 27.2 Å². The molecule has 0 spiro atoms. The van der Waals surface area contributed by atoms with Crippen molar-refractivity contribution in [2.75, 3.05) is 5.32 Å². The molecule has 0 aliphatic carbocycles. The first-order valence-corrected chi connectivity index (χ1v) is 9.88. The molecule has 0 aliphatic heterocycles. The first kappa shape index (κ1) is 24.9. The van der Waals surface area contributed by atoms with Crippen molar-refractivity contribution >= 4 is 91.9 Å². The van der Waals surface area contributed by atoms with E-state index in [2.05, 4.69) is 10.3 Å². The summed E-state index contributed by atoms with van der Waals surface area (Å²) in [4.78, 5) is 28.5. The molecule has 1 amide bonds. The molecule has 0 saturated heterocycles. The SMILES string of the molecule is CCn1cc(NC(=O)CCc2sc(-c3ccc(O)cc3O)nc2Cl)c(C(=O)O)c1.[KH]. The van der Waals surface area contributed by atoms with Crippen LogP contribution in [0.1, 0.15) is 28.6 Å². The number of aromatic carboxylic acids is 1. The fraction of sp³-hybridized carbons (Fsp3) is 0.211. The van der Waals surface area contributed by atoms with Gasteiger partial charge < -0.3 is 25.2 Å². The molecule has 30 heavy (non-hydrogen) atoms. The quantitative estimate of drug-likeness (QED) is 0.388. The van der Waals surface area contributed by atoms with Gasteiger partial charge in [0.2, 0.25) is 5.91 Å². The van der Waals surface area contributed by atoms with E-state index >= 15 is 0 Å². The zero-order valence-corrected chi connectivity index (χ0v) is 16.9. The molecular weight excluding hydrogens is 457 g/mol. The molecule has 2 aromatic heterocycles. The number of carboxylic acid groups (broad SMARTS) is 1. The van der Waals surface area contributed by atoms with Crippen LogP contribution < -0.4 is 5.32 Å². The molecule has 3 aromatic rings. The van der Waals surface area contributed by atoms with E-state index in [0.717, 1.165) is 0 Å². The van der Waals surface area contributed by atoms with E-state index in [0.29, 0.717) is 28.4 Å². The van der Waals surface area contributed by atoms with Crippen LogP contribution >= 0.6 is 22.9 Å². The summed E-state index contributed by atoms with van der Waals surface area (Å²) in [6, 6.07) is 4.17. The number of carbonyl (C=O) groups excluding carboxylic acids is 1. The first-order valence-electron chi connectivity index (χ1n) is 8.69. The van der Waals surface area contributed by atoms with Gasteiger partial charge in [-0.15, -0.1) is 11.3 Å². The van der Waals surface area contributed by atoms with E-state index in [4.69, 9.17) is 11.6 Å². The molecule has 0 bridgehead atoms. The summed E-state index contributed by atoms with van der Waals surface area (Å²) in [6.07, 6.45) is 3.43. The van der Waals surface area contributed by atoms with Gasteiger partial charge in [0.25, 0.3) is 0 Å². The van der Waals surface area contributed by atoms with E-state index in [-0.39, 0.29) is 91.6 Å². The number of nitrogens with zero attached hydrogens (tertiary/aromatic N) is 2. The summed E-state index contributed by atoms with van der Waals surface area (Å²) in [5.74, 6) is -1.65. The number of nitrogens with one attached hydrogen (secondary N) is 1. The Morgan fingerprint density at radius 2 is 2.00 bits per heavy atom. The van der Waals surface area contributed by atoms with Crippen molar-refractivity contribution < 1.29 is 24.9 Å². The maximum absolute atomic E-state index is 12.3. The van der Waals surface area contributed by atoms with Crippen LogP contribution in [0.25, 0.3) is 10.6 Å². The molecule has 3 rings (SSSR count). The third-order valence-electron chi connectivity index (χ3n) is 4.19. The number of halogens is 1. The summed E-state index contributed by atoms with van der Waals surface area (Å²) < 4.78 is 1.68. The Kier molecular flexibility index (Phi) is 8.92. The van der Waals surface area contributed by atoms with Gasteiger partial charge in [-0.25, -0.2) is 9.78 Å². The van der Waals surface area contributed by atoms with Crippen LogP contribution in [0.4, 0.5) is 5.69 Å². The van der Waals surface area contributed by atoms with E-state index in [1.807, 2.05) is 6.92 Å². The second-order valence-corrected chi connectivity index (χ2v) is 7.65. The van der Waals surface area contributed by atoms with Gasteiger partial charge >= 0.3 is 57.4 Å². The van der Waals surface area contributed by atoms with Crippen LogP contribution in [0.2, 0.25) is 5.15 Å². The summed E-state index contributed by atoms with van der Waals surface area (Å²) in [7, 11) is 0. The van der Waals surface area contributed by atoms with Crippen molar-refractivity contribution in [2.24, 2.45) is 0 Å². The van der Waals surface area contributed by atoms with E-state index in [1.165, 1.54) is 35.7 Å². The predicted octanol–water partition coefficient (Wildman–Crippen LogP) is 3.32. The summed E-state index contributed by atoms with van der Waals surface area (Å²) in [6.45, 7) is 2.45.